The molecule has 0 aliphatic carbocycles. The SMILES string of the molecule is Cc1cc2nc(C(C)(C)C)n(CC(C)(C)N)c2cc1C. The van der Waals surface area contributed by atoms with Crippen LogP contribution in [-0.2, 0) is 12.0 Å². The molecule has 20 heavy (non-hydrogen) atoms. The summed E-state index contributed by atoms with van der Waals surface area (Å²) in [5.41, 5.74) is 10.8. The summed E-state index contributed by atoms with van der Waals surface area (Å²) >= 11 is 0. The van der Waals surface area contributed by atoms with E-state index in [-0.39, 0.29) is 11.0 Å². The molecular weight excluding hydrogens is 246 g/mol. The number of hydrogen-bond donors (Lipinski definition) is 1. The second kappa shape index (κ2) is 4.59. The highest BCUT2D eigenvalue weighted by Gasteiger charge is 2.25. The summed E-state index contributed by atoms with van der Waals surface area (Å²) in [6.45, 7) is 15.8. The Morgan fingerprint density at radius 2 is 1.60 bits per heavy atom. The lowest BCUT2D eigenvalue weighted by Crippen LogP contribution is -2.38. The van der Waals surface area contributed by atoms with Gasteiger partial charge in [0, 0.05) is 17.5 Å². The van der Waals surface area contributed by atoms with Crippen molar-refractivity contribution in [3.05, 3.63) is 29.1 Å². The lowest BCUT2D eigenvalue weighted by molar-refractivity contribution is 0.407. The number of nitrogens with zero attached hydrogens (tertiary/aromatic N) is 2. The van der Waals surface area contributed by atoms with Crippen molar-refractivity contribution in [1.29, 1.82) is 0 Å². The van der Waals surface area contributed by atoms with Crippen molar-refractivity contribution in [2.24, 2.45) is 5.73 Å². The van der Waals surface area contributed by atoms with Gasteiger partial charge in [-0.15, -0.1) is 0 Å². The zero-order chi connectivity index (χ0) is 15.3. The Morgan fingerprint density at radius 1 is 1.05 bits per heavy atom. The average molecular weight is 273 g/mol. The number of imidazole rings is 1. The van der Waals surface area contributed by atoms with E-state index >= 15 is 0 Å². The Morgan fingerprint density at radius 3 is 2.10 bits per heavy atom. The van der Waals surface area contributed by atoms with Gasteiger partial charge in [-0.05, 0) is 51.0 Å². The molecule has 2 aromatic rings. The van der Waals surface area contributed by atoms with Crippen LogP contribution in [0.3, 0.4) is 0 Å². The molecule has 2 N–H and O–H groups in total. The van der Waals surface area contributed by atoms with Crippen LogP contribution in [0.2, 0.25) is 0 Å². The van der Waals surface area contributed by atoms with Crippen LogP contribution in [0, 0.1) is 13.8 Å². The third-order valence-corrected chi connectivity index (χ3v) is 3.60. The van der Waals surface area contributed by atoms with Gasteiger partial charge < -0.3 is 10.3 Å². The molecule has 0 spiro atoms. The van der Waals surface area contributed by atoms with Gasteiger partial charge in [-0.3, -0.25) is 0 Å². The first kappa shape index (κ1) is 15.0. The van der Waals surface area contributed by atoms with Crippen LogP contribution in [0.4, 0.5) is 0 Å². The molecule has 0 saturated carbocycles. The summed E-state index contributed by atoms with van der Waals surface area (Å²) in [4.78, 5) is 4.88. The van der Waals surface area contributed by atoms with Gasteiger partial charge in [-0.2, -0.15) is 0 Å². The van der Waals surface area contributed by atoms with E-state index in [4.69, 9.17) is 10.7 Å². The van der Waals surface area contributed by atoms with E-state index in [0.29, 0.717) is 0 Å². The van der Waals surface area contributed by atoms with Crippen LogP contribution in [0.15, 0.2) is 12.1 Å². The molecule has 0 saturated heterocycles. The van der Waals surface area contributed by atoms with Crippen LogP contribution in [-0.4, -0.2) is 15.1 Å². The lowest BCUT2D eigenvalue weighted by atomic mass is 9.95. The Bertz CT molecular complexity index is 637. The minimum atomic E-state index is -0.258. The maximum absolute atomic E-state index is 6.25. The Kier molecular flexibility index (Phi) is 3.45. The van der Waals surface area contributed by atoms with Gasteiger partial charge in [-0.25, -0.2) is 4.98 Å². The number of fused-ring (bicyclic) bond motifs is 1. The van der Waals surface area contributed by atoms with Crippen LogP contribution < -0.4 is 5.73 Å². The minimum Gasteiger partial charge on any atom is -0.326 e. The van der Waals surface area contributed by atoms with Gasteiger partial charge in [0.1, 0.15) is 5.82 Å². The zero-order valence-electron chi connectivity index (χ0n) is 13.8. The molecule has 0 atom stereocenters. The number of benzene rings is 1. The van der Waals surface area contributed by atoms with Crippen molar-refractivity contribution < 1.29 is 0 Å². The van der Waals surface area contributed by atoms with Crippen molar-refractivity contribution in [1.82, 2.24) is 9.55 Å². The first-order chi connectivity index (χ1) is 8.99. The van der Waals surface area contributed by atoms with E-state index < -0.39 is 0 Å². The number of rotatable bonds is 2. The van der Waals surface area contributed by atoms with Crippen LogP contribution in [0.25, 0.3) is 11.0 Å². The van der Waals surface area contributed by atoms with Crippen LogP contribution in [0.1, 0.15) is 51.6 Å². The summed E-state index contributed by atoms with van der Waals surface area (Å²) in [6.07, 6.45) is 0. The molecule has 0 aliphatic heterocycles. The number of hydrogen-bond acceptors (Lipinski definition) is 2. The summed E-state index contributed by atoms with van der Waals surface area (Å²) < 4.78 is 2.29. The molecule has 0 amide bonds. The number of nitrogens with two attached hydrogens (primary N) is 1. The van der Waals surface area contributed by atoms with Crippen LogP contribution in [0.5, 0.6) is 0 Å². The maximum Gasteiger partial charge on any atom is 0.115 e. The molecule has 3 heteroatoms. The standard InChI is InChI=1S/C17H27N3/c1-11-8-13-14(9-12(11)2)20(10-17(6,7)18)15(19-13)16(3,4)5/h8-9H,10,18H2,1-7H3. The molecular formula is C17H27N3. The molecule has 0 unspecified atom stereocenters. The van der Waals surface area contributed by atoms with Crippen molar-refractivity contribution in [2.75, 3.05) is 0 Å². The molecule has 1 aromatic carbocycles. The second-order valence-corrected chi connectivity index (χ2v) is 7.69. The maximum atomic E-state index is 6.25. The summed E-state index contributed by atoms with van der Waals surface area (Å²) in [6, 6.07) is 4.42. The van der Waals surface area contributed by atoms with E-state index in [0.717, 1.165) is 17.9 Å². The van der Waals surface area contributed by atoms with Gasteiger partial charge in [0.25, 0.3) is 0 Å². The number of aromatic nitrogens is 2. The monoisotopic (exact) mass is 273 g/mol. The third-order valence-electron chi connectivity index (χ3n) is 3.60. The fourth-order valence-electron chi connectivity index (χ4n) is 2.52. The van der Waals surface area contributed by atoms with Gasteiger partial charge >= 0.3 is 0 Å². The minimum absolute atomic E-state index is 0.00603. The first-order valence-corrected chi connectivity index (χ1v) is 7.26. The summed E-state index contributed by atoms with van der Waals surface area (Å²) in [5, 5.41) is 0. The van der Waals surface area contributed by atoms with Gasteiger partial charge in [0.2, 0.25) is 0 Å². The highest BCUT2D eigenvalue weighted by Crippen LogP contribution is 2.29. The molecule has 0 radical (unpaired) electrons. The first-order valence-electron chi connectivity index (χ1n) is 7.26. The topological polar surface area (TPSA) is 43.8 Å². The van der Waals surface area contributed by atoms with Crippen LogP contribution >= 0.6 is 0 Å². The third kappa shape index (κ3) is 2.88. The molecule has 1 aromatic heterocycles. The van der Waals surface area contributed by atoms with E-state index in [1.807, 2.05) is 0 Å². The Hall–Kier alpha value is -1.35. The average Bonchev–Trinajstić information content (AvgIpc) is 2.55. The normalized spacial score (nSPS) is 13.2. The second-order valence-electron chi connectivity index (χ2n) is 7.69. The van der Waals surface area contributed by atoms with Gasteiger partial charge in [-0.1, -0.05) is 20.8 Å². The molecule has 3 nitrogen and oxygen atoms in total. The summed E-state index contributed by atoms with van der Waals surface area (Å²) in [5.74, 6) is 1.11. The van der Waals surface area contributed by atoms with Crippen molar-refractivity contribution in [3.63, 3.8) is 0 Å². The zero-order valence-corrected chi connectivity index (χ0v) is 13.8. The Balaban J connectivity index is 2.75. The Labute approximate surface area is 122 Å². The quantitative estimate of drug-likeness (QED) is 0.907. The van der Waals surface area contributed by atoms with Crippen molar-refractivity contribution in [2.45, 2.75) is 66.0 Å². The van der Waals surface area contributed by atoms with E-state index in [2.05, 4.69) is 65.2 Å². The smallest absolute Gasteiger partial charge is 0.115 e. The van der Waals surface area contributed by atoms with Crippen molar-refractivity contribution in [3.8, 4) is 0 Å². The molecule has 1 heterocycles. The van der Waals surface area contributed by atoms with Gasteiger partial charge in [0.05, 0.1) is 11.0 Å². The predicted molar refractivity (Wildman–Crippen MR) is 86.2 cm³/mol. The van der Waals surface area contributed by atoms with E-state index in [1.165, 1.54) is 16.6 Å². The molecule has 0 bridgehead atoms. The van der Waals surface area contributed by atoms with Gasteiger partial charge in [0.15, 0.2) is 0 Å². The van der Waals surface area contributed by atoms with E-state index in [1.54, 1.807) is 0 Å². The highest BCUT2D eigenvalue weighted by atomic mass is 15.1. The van der Waals surface area contributed by atoms with Crippen molar-refractivity contribution >= 4 is 11.0 Å². The molecule has 110 valence electrons. The predicted octanol–water partition coefficient (Wildman–Crippen LogP) is 3.69. The fraction of sp³-hybridized carbons (Fsp3) is 0.588. The lowest BCUT2D eigenvalue weighted by Gasteiger charge is -2.25. The molecule has 0 fully saturated rings. The van der Waals surface area contributed by atoms with E-state index in [9.17, 15) is 0 Å². The molecule has 2 rings (SSSR count). The fourth-order valence-corrected chi connectivity index (χ4v) is 2.52. The summed E-state index contributed by atoms with van der Waals surface area (Å²) in [7, 11) is 0. The number of aryl methyl sites for hydroxylation is 2. The molecule has 0 aliphatic rings. The highest BCUT2D eigenvalue weighted by molar-refractivity contribution is 5.78. The largest absolute Gasteiger partial charge is 0.326 e.